The van der Waals surface area contributed by atoms with Crippen LogP contribution < -0.4 is 5.73 Å². The standard InChI is InChI=1S/C13H16F2N2O3S/c14-11-3-8(5-16)4-12(13(11)15)21(18,19)17-6-9-1-2-10(7-17)20-9/h3-4,9-10H,1-2,5-7,16H2. The fraction of sp³-hybridized carbons (Fsp3) is 0.538. The van der Waals surface area contributed by atoms with Crippen LogP contribution in [0.3, 0.4) is 0 Å². The van der Waals surface area contributed by atoms with Crippen LogP contribution in [0.4, 0.5) is 8.78 Å². The van der Waals surface area contributed by atoms with E-state index in [2.05, 4.69) is 0 Å². The van der Waals surface area contributed by atoms with Gasteiger partial charge >= 0.3 is 0 Å². The van der Waals surface area contributed by atoms with E-state index in [-0.39, 0.29) is 37.4 Å². The molecule has 2 N–H and O–H groups in total. The number of ether oxygens (including phenoxy) is 1. The number of rotatable bonds is 3. The Hall–Kier alpha value is -1.09. The molecule has 2 atom stereocenters. The predicted molar refractivity (Wildman–Crippen MR) is 70.9 cm³/mol. The largest absolute Gasteiger partial charge is 0.372 e. The zero-order chi connectivity index (χ0) is 15.2. The van der Waals surface area contributed by atoms with Crippen molar-refractivity contribution in [3.8, 4) is 0 Å². The van der Waals surface area contributed by atoms with Crippen LogP contribution in [-0.4, -0.2) is 38.0 Å². The van der Waals surface area contributed by atoms with Crippen LogP contribution >= 0.6 is 0 Å². The van der Waals surface area contributed by atoms with Gasteiger partial charge in [-0.1, -0.05) is 0 Å². The molecule has 2 fully saturated rings. The molecule has 1 aromatic carbocycles. The Bertz CT molecular complexity index is 654. The summed E-state index contributed by atoms with van der Waals surface area (Å²) >= 11 is 0. The lowest BCUT2D eigenvalue weighted by atomic mass is 10.2. The van der Waals surface area contributed by atoms with E-state index in [1.54, 1.807) is 0 Å². The monoisotopic (exact) mass is 318 g/mol. The summed E-state index contributed by atoms with van der Waals surface area (Å²) in [6.07, 6.45) is 1.25. The van der Waals surface area contributed by atoms with Crippen LogP contribution in [0.2, 0.25) is 0 Å². The Morgan fingerprint density at radius 2 is 1.86 bits per heavy atom. The third kappa shape index (κ3) is 2.57. The van der Waals surface area contributed by atoms with Gasteiger partial charge in [-0.15, -0.1) is 0 Å². The normalized spacial score (nSPS) is 26.2. The van der Waals surface area contributed by atoms with E-state index in [1.165, 1.54) is 4.31 Å². The second-order valence-corrected chi connectivity index (χ2v) is 7.28. The van der Waals surface area contributed by atoms with E-state index < -0.39 is 26.6 Å². The summed E-state index contributed by atoms with van der Waals surface area (Å²) < 4.78 is 59.4. The number of sulfonamides is 1. The Labute approximate surface area is 121 Å². The van der Waals surface area contributed by atoms with Gasteiger partial charge in [0.05, 0.1) is 12.2 Å². The zero-order valence-corrected chi connectivity index (χ0v) is 12.1. The molecule has 116 valence electrons. The summed E-state index contributed by atoms with van der Waals surface area (Å²) in [4.78, 5) is -0.649. The van der Waals surface area contributed by atoms with Crippen molar-refractivity contribution in [1.82, 2.24) is 4.31 Å². The Morgan fingerprint density at radius 1 is 1.24 bits per heavy atom. The molecular weight excluding hydrogens is 302 g/mol. The van der Waals surface area contributed by atoms with Crippen LogP contribution in [0.1, 0.15) is 18.4 Å². The van der Waals surface area contributed by atoms with Crippen molar-refractivity contribution < 1.29 is 21.9 Å². The molecule has 8 heteroatoms. The number of benzene rings is 1. The van der Waals surface area contributed by atoms with Crippen LogP contribution in [0.5, 0.6) is 0 Å². The smallest absolute Gasteiger partial charge is 0.246 e. The third-order valence-corrected chi connectivity index (χ3v) is 5.75. The van der Waals surface area contributed by atoms with Crippen molar-refractivity contribution in [2.75, 3.05) is 13.1 Å². The maximum absolute atomic E-state index is 13.9. The van der Waals surface area contributed by atoms with Crippen molar-refractivity contribution in [3.05, 3.63) is 29.3 Å². The number of fused-ring (bicyclic) bond motifs is 2. The van der Waals surface area contributed by atoms with Gasteiger partial charge in [-0.05, 0) is 30.5 Å². The average Bonchev–Trinajstić information content (AvgIpc) is 2.79. The first-order valence-corrected chi connectivity index (χ1v) is 8.19. The number of hydrogen-bond acceptors (Lipinski definition) is 4. The molecule has 0 aromatic heterocycles. The van der Waals surface area contributed by atoms with E-state index in [9.17, 15) is 17.2 Å². The van der Waals surface area contributed by atoms with Gasteiger partial charge in [0.25, 0.3) is 0 Å². The SMILES string of the molecule is NCc1cc(F)c(F)c(S(=O)(=O)N2CC3CCC(C2)O3)c1. The highest BCUT2D eigenvalue weighted by Gasteiger charge is 2.40. The van der Waals surface area contributed by atoms with Gasteiger partial charge in [-0.25, -0.2) is 17.2 Å². The molecule has 2 bridgehead atoms. The molecule has 2 unspecified atom stereocenters. The van der Waals surface area contributed by atoms with Gasteiger partial charge < -0.3 is 10.5 Å². The van der Waals surface area contributed by atoms with Crippen LogP contribution in [0.15, 0.2) is 17.0 Å². The van der Waals surface area contributed by atoms with Crippen molar-refractivity contribution in [2.45, 2.75) is 36.5 Å². The number of halogens is 2. The summed E-state index contributed by atoms with van der Waals surface area (Å²) in [7, 11) is -4.09. The molecule has 0 radical (unpaired) electrons. The predicted octanol–water partition coefficient (Wildman–Crippen LogP) is 0.975. The Balaban J connectivity index is 2.00. The highest BCUT2D eigenvalue weighted by atomic mass is 32.2. The highest BCUT2D eigenvalue weighted by Crippen LogP contribution is 2.31. The molecule has 2 saturated heterocycles. The first kappa shape index (κ1) is 14.8. The van der Waals surface area contributed by atoms with Crippen LogP contribution in [0.25, 0.3) is 0 Å². The van der Waals surface area contributed by atoms with Gasteiger partial charge in [0, 0.05) is 19.6 Å². The van der Waals surface area contributed by atoms with Crippen molar-refractivity contribution in [2.24, 2.45) is 5.73 Å². The van der Waals surface area contributed by atoms with Crippen molar-refractivity contribution in [1.29, 1.82) is 0 Å². The maximum atomic E-state index is 13.9. The molecule has 21 heavy (non-hydrogen) atoms. The molecule has 3 rings (SSSR count). The third-order valence-electron chi connectivity index (χ3n) is 3.92. The fourth-order valence-corrected chi connectivity index (χ4v) is 4.46. The quantitative estimate of drug-likeness (QED) is 0.901. The van der Waals surface area contributed by atoms with E-state index >= 15 is 0 Å². The van der Waals surface area contributed by atoms with E-state index in [4.69, 9.17) is 10.5 Å². The first-order chi connectivity index (χ1) is 9.91. The zero-order valence-electron chi connectivity index (χ0n) is 11.3. The summed E-state index contributed by atoms with van der Waals surface area (Å²) in [6, 6.07) is 2.02. The van der Waals surface area contributed by atoms with E-state index in [0.29, 0.717) is 0 Å². The molecule has 2 aliphatic heterocycles. The Kier molecular flexibility index (Phi) is 3.73. The fourth-order valence-electron chi connectivity index (χ4n) is 2.84. The topological polar surface area (TPSA) is 72.6 Å². The van der Waals surface area contributed by atoms with E-state index in [0.717, 1.165) is 25.0 Å². The minimum absolute atomic E-state index is 0.0614. The number of hydrogen-bond donors (Lipinski definition) is 1. The highest BCUT2D eigenvalue weighted by molar-refractivity contribution is 7.89. The van der Waals surface area contributed by atoms with Gasteiger partial charge in [0.15, 0.2) is 11.6 Å². The summed E-state index contributed by atoms with van der Waals surface area (Å²) in [6.45, 7) is 0.285. The molecule has 0 aliphatic carbocycles. The van der Waals surface area contributed by atoms with Crippen molar-refractivity contribution >= 4 is 10.0 Å². The minimum atomic E-state index is -4.09. The molecule has 0 amide bonds. The lowest BCUT2D eigenvalue weighted by molar-refractivity contribution is -0.0115. The molecule has 0 saturated carbocycles. The maximum Gasteiger partial charge on any atom is 0.246 e. The Morgan fingerprint density at radius 3 is 2.43 bits per heavy atom. The van der Waals surface area contributed by atoms with Crippen molar-refractivity contribution in [3.63, 3.8) is 0 Å². The van der Waals surface area contributed by atoms with Crippen LogP contribution in [-0.2, 0) is 21.3 Å². The minimum Gasteiger partial charge on any atom is -0.372 e. The summed E-state index contributed by atoms with van der Waals surface area (Å²) in [5, 5.41) is 0. The van der Waals surface area contributed by atoms with Crippen LogP contribution in [0, 0.1) is 11.6 Å². The summed E-state index contributed by atoms with van der Waals surface area (Å²) in [5.74, 6) is -2.56. The average molecular weight is 318 g/mol. The van der Waals surface area contributed by atoms with Gasteiger partial charge in [0.1, 0.15) is 4.90 Å². The molecular formula is C13H16F2N2O3S. The van der Waals surface area contributed by atoms with Gasteiger partial charge in [-0.3, -0.25) is 0 Å². The lowest BCUT2D eigenvalue weighted by Gasteiger charge is -2.31. The number of nitrogens with two attached hydrogens (primary N) is 1. The lowest BCUT2D eigenvalue weighted by Crippen LogP contribution is -2.46. The molecule has 0 spiro atoms. The second-order valence-electron chi connectivity index (χ2n) is 5.37. The molecule has 2 aliphatic rings. The number of morpholine rings is 1. The molecule has 5 nitrogen and oxygen atoms in total. The molecule has 1 aromatic rings. The molecule has 2 heterocycles. The number of nitrogens with zero attached hydrogens (tertiary/aromatic N) is 1. The van der Waals surface area contributed by atoms with E-state index in [1.807, 2.05) is 0 Å². The van der Waals surface area contributed by atoms with Gasteiger partial charge in [-0.2, -0.15) is 4.31 Å². The van der Waals surface area contributed by atoms with Gasteiger partial charge in [0.2, 0.25) is 10.0 Å². The second kappa shape index (κ2) is 5.28. The first-order valence-electron chi connectivity index (χ1n) is 6.75. The summed E-state index contributed by atoms with van der Waals surface area (Å²) in [5.41, 5.74) is 5.64.